The number of nitrogens with one attached hydrogen (secondary N) is 2. The number of hydrogen-bond donors (Lipinski definition) is 2. The van der Waals surface area contributed by atoms with Crippen LogP contribution in [0.4, 0.5) is 0 Å². The van der Waals surface area contributed by atoms with E-state index in [1.165, 1.54) is 0 Å². The fourth-order valence-electron chi connectivity index (χ4n) is 3.23. The Morgan fingerprint density at radius 2 is 2.21 bits per heavy atom. The maximum atomic E-state index is 4.61. The number of rotatable bonds is 4. The minimum atomic E-state index is 0.430. The summed E-state index contributed by atoms with van der Waals surface area (Å²) >= 11 is 0. The van der Waals surface area contributed by atoms with Crippen LogP contribution >= 0.6 is 0 Å². The number of aromatic nitrogens is 2. The van der Waals surface area contributed by atoms with E-state index < -0.39 is 0 Å². The highest BCUT2D eigenvalue weighted by molar-refractivity contribution is 5.80. The second kappa shape index (κ2) is 7.21. The van der Waals surface area contributed by atoms with Gasteiger partial charge in [-0.2, -0.15) is 0 Å². The summed E-state index contributed by atoms with van der Waals surface area (Å²) < 4.78 is 2.03. The highest BCUT2D eigenvalue weighted by Gasteiger charge is 2.31. The first-order valence-corrected chi connectivity index (χ1v) is 8.70. The summed E-state index contributed by atoms with van der Waals surface area (Å²) in [5.41, 5.74) is 1.97. The Morgan fingerprint density at radius 3 is 2.88 bits per heavy atom. The highest BCUT2D eigenvalue weighted by atomic mass is 15.3. The molecule has 0 spiro atoms. The van der Waals surface area contributed by atoms with Crippen molar-refractivity contribution >= 4 is 11.6 Å². The van der Waals surface area contributed by atoms with E-state index in [4.69, 9.17) is 0 Å². The molecule has 24 heavy (non-hydrogen) atoms. The Labute approximate surface area is 144 Å². The van der Waals surface area contributed by atoms with Gasteiger partial charge in [-0.3, -0.25) is 9.89 Å². The Morgan fingerprint density at radius 1 is 1.38 bits per heavy atom. The lowest BCUT2D eigenvalue weighted by Crippen LogP contribution is -2.46. The third-order valence-corrected chi connectivity index (χ3v) is 4.77. The molecule has 0 saturated carbocycles. The molecule has 6 heteroatoms. The molecule has 2 atom stereocenters. The van der Waals surface area contributed by atoms with Gasteiger partial charge >= 0.3 is 0 Å². The molecule has 2 aromatic rings. The van der Waals surface area contributed by atoms with Crippen LogP contribution in [-0.4, -0.2) is 52.5 Å². The first-order chi connectivity index (χ1) is 11.6. The molecule has 0 amide bonds. The third kappa shape index (κ3) is 3.70. The van der Waals surface area contributed by atoms with Crippen LogP contribution in [0.3, 0.4) is 0 Å². The van der Waals surface area contributed by atoms with Gasteiger partial charge in [0.15, 0.2) is 5.96 Å². The largest absolute Gasteiger partial charge is 0.352 e. The van der Waals surface area contributed by atoms with Crippen LogP contribution in [0.25, 0.3) is 5.65 Å². The number of aliphatic imine (C=N–C) groups is 1. The van der Waals surface area contributed by atoms with Crippen LogP contribution in [0.15, 0.2) is 35.6 Å². The smallest absolute Gasteiger partial charge is 0.191 e. The van der Waals surface area contributed by atoms with Crippen LogP contribution < -0.4 is 10.6 Å². The minimum absolute atomic E-state index is 0.430. The monoisotopic (exact) mass is 328 g/mol. The van der Waals surface area contributed by atoms with Gasteiger partial charge in [0.25, 0.3) is 0 Å². The summed E-state index contributed by atoms with van der Waals surface area (Å²) in [7, 11) is 1.82. The van der Waals surface area contributed by atoms with E-state index in [9.17, 15) is 0 Å². The number of imidazole rings is 1. The Balaban J connectivity index is 1.57. The standard InChI is InChI=1S/C18H28N6/c1-13(2)24-10-14(3)16(12-24)22-18(19-4)20-9-15-11-23-8-6-5-7-17(23)21-15/h5-8,11,13-14,16H,9-10,12H2,1-4H3,(H2,19,20,22). The van der Waals surface area contributed by atoms with Crippen LogP contribution in [0.2, 0.25) is 0 Å². The molecule has 0 radical (unpaired) electrons. The topological polar surface area (TPSA) is 57.0 Å². The summed E-state index contributed by atoms with van der Waals surface area (Å²) in [6, 6.07) is 7.04. The molecule has 3 rings (SSSR count). The minimum Gasteiger partial charge on any atom is -0.352 e. The number of guanidine groups is 1. The molecule has 3 heterocycles. The second-order valence-corrected chi connectivity index (χ2v) is 6.90. The van der Waals surface area contributed by atoms with Gasteiger partial charge < -0.3 is 15.0 Å². The first-order valence-electron chi connectivity index (χ1n) is 8.70. The fraction of sp³-hybridized carbons (Fsp3) is 0.556. The van der Waals surface area contributed by atoms with Gasteiger partial charge in [-0.15, -0.1) is 0 Å². The van der Waals surface area contributed by atoms with Gasteiger partial charge in [0.1, 0.15) is 5.65 Å². The zero-order valence-corrected chi connectivity index (χ0v) is 15.0. The Bertz CT molecular complexity index is 671. The number of pyridine rings is 1. The van der Waals surface area contributed by atoms with Gasteiger partial charge in [-0.05, 0) is 31.9 Å². The maximum Gasteiger partial charge on any atom is 0.191 e. The van der Waals surface area contributed by atoms with E-state index in [0.717, 1.165) is 30.4 Å². The summed E-state index contributed by atoms with van der Waals surface area (Å²) in [5, 5.41) is 6.95. The quantitative estimate of drug-likeness (QED) is 0.663. The highest BCUT2D eigenvalue weighted by Crippen LogP contribution is 2.18. The van der Waals surface area contributed by atoms with Gasteiger partial charge in [0.2, 0.25) is 0 Å². The molecule has 1 fully saturated rings. The normalized spacial score (nSPS) is 22.5. The molecular formula is C18H28N6. The molecule has 2 N–H and O–H groups in total. The van der Waals surface area contributed by atoms with Crippen molar-refractivity contribution in [1.82, 2.24) is 24.9 Å². The van der Waals surface area contributed by atoms with Crippen molar-refractivity contribution in [3.63, 3.8) is 0 Å². The van der Waals surface area contributed by atoms with Crippen molar-refractivity contribution in [3.05, 3.63) is 36.3 Å². The lowest BCUT2D eigenvalue weighted by molar-refractivity contribution is 0.265. The van der Waals surface area contributed by atoms with Gasteiger partial charge in [0, 0.05) is 44.6 Å². The molecule has 0 aromatic carbocycles. The Hall–Kier alpha value is -2.08. The average molecular weight is 328 g/mol. The second-order valence-electron chi connectivity index (χ2n) is 6.90. The van der Waals surface area contributed by atoms with Gasteiger partial charge in [-0.1, -0.05) is 13.0 Å². The van der Waals surface area contributed by atoms with Gasteiger partial charge in [-0.25, -0.2) is 4.98 Å². The van der Waals surface area contributed by atoms with E-state index >= 15 is 0 Å². The van der Waals surface area contributed by atoms with Crippen molar-refractivity contribution < 1.29 is 0 Å². The van der Waals surface area contributed by atoms with E-state index in [1.807, 2.05) is 42.0 Å². The zero-order chi connectivity index (χ0) is 17.1. The molecule has 1 aliphatic rings. The molecule has 6 nitrogen and oxygen atoms in total. The molecule has 2 aromatic heterocycles. The van der Waals surface area contributed by atoms with Crippen molar-refractivity contribution in [1.29, 1.82) is 0 Å². The molecule has 2 unspecified atom stereocenters. The predicted octanol–water partition coefficient (Wildman–Crippen LogP) is 1.73. The van der Waals surface area contributed by atoms with Crippen LogP contribution in [-0.2, 0) is 6.54 Å². The average Bonchev–Trinajstić information content (AvgIpc) is 3.14. The lowest BCUT2D eigenvalue weighted by Gasteiger charge is -2.21. The van der Waals surface area contributed by atoms with E-state index in [-0.39, 0.29) is 0 Å². The predicted molar refractivity (Wildman–Crippen MR) is 98.2 cm³/mol. The molecular weight excluding hydrogens is 300 g/mol. The van der Waals surface area contributed by atoms with Crippen molar-refractivity contribution in [3.8, 4) is 0 Å². The molecule has 0 bridgehead atoms. The molecule has 1 saturated heterocycles. The molecule has 130 valence electrons. The van der Waals surface area contributed by atoms with Crippen LogP contribution in [0.1, 0.15) is 26.5 Å². The van der Waals surface area contributed by atoms with E-state index in [1.54, 1.807) is 0 Å². The van der Waals surface area contributed by atoms with Crippen molar-refractivity contribution in [2.24, 2.45) is 10.9 Å². The zero-order valence-electron chi connectivity index (χ0n) is 15.0. The van der Waals surface area contributed by atoms with E-state index in [2.05, 4.69) is 46.3 Å². The fourth-order valence-corrected chi connectivity index (χ4v) is 3.23. The maximum absolute atomic E-state index is 4.61. The number of likely N-dealkylation sites (tertiary alicyclic amines) is 1. The number of fused-ring (bicyclic) bond motifs is 1. The van der Waals surface area contributed by atoms with Crippen molar-refractivity contribution in [2.45, 2.75) is 39.4 Å². The van der Waals surface area contributed by atoms with Crippen LogP contribution in [0.5, 0.6) is 0 Å². The SMILES string of the molecule is CN=C(NCc1cn2ccccc2n1)NC1CN(C(C)C)CC1C. The van der Waals surface area contributed by atoms with Crippen LogP contribution in [0, 0.1) is 5.92 Å². The third-order valence-electron chi connectivity index (χ3n) is 4.77. The van der Waals surface area contributed by atoms with Gasteiger partial charge in [0.05, 0.1) is 12.2 Å². The number of nitrogens with zero attached hydrogens (tertiary/aromatic N) is 4. The summed E-state index contributed by atoms with van der Waals surface area (Å²) in [4.78, 5) is 11.5. The molecule has 1 aliphatic heterocycles. The summed E-state index contributed by atoms with van der Waals surface area (Å²) in [6.07, 6.45) is 4.06. The lowest BCUT2D eigenvalue weighted by atomic mass is 10.1. The summed E-state index contributed by atoms with van der Waals surface area (Å²) in [5.74, 6) is 1.45. The first kappa shape index (κ1) is 16.8. The van der Waals surface area contributed by atoms with Crippen molar-refractivity contribution in [2.75, 3.05) is 20.1 Å². The molecule has 0 aliphatic carbocycles. The summed E-state index contributed by atoms with van der Waals surface area (Å²) in [6.45, 7) is 9.68. The Kier molecular flexibility index (Phi) is 5.04. The van der Waals surface area contributed by atoms with E-state index in [0.29, 0.717) is 24.5 Å². The number of hydrogen-bond acceptors (Lipinski definition) is 3.